The highest BCUT2D eigenvalue weighted by molar-refractivity contribution is 7.93. The predicted octanol–water partition coefficient (Wildman–Crippen LogP) is 4.39. The number of benzene rings is 1. The van der Waals surface area contributed by atoms with Crippen LogP contribution in [0.5, 0.6) is 0 Å². The van der Waals surface area contributed by atoms with Crippen LogP contribution in [0.25, 0.3) is 0 Å². The Morgan fingerprint density at radius 3 is 2.40 bits per heavy atom. The summed E-state index contributed by atoms with van der Waals surface area (Å²) >= 11 is 12.2. The Bertz CT molecular complexity index is 964. The van der Waals surface area contributed by atoms with Crippen LogP contribution in [0.3, 0.4) is 0 Å². The highest BCUT2D eigenvalue weighted by atomic mass is 35.5. The minimum absolute atomic E-state index is 0.380. The standard InChI is InChI=1S/C17H19Cl2N3O2S/c1-9(2)25(23,24)17-11(4)20-15-7-10(3)21-22(15)16(17)12-5-6-13(18)14(19)8-12/h5-9,16-17H,1-4H3. The number of aryl methyl sites for hydroxylation is 1. The third-order valence-corrected chi connectivity index (χ3v) is 7.75. The molecule has 2 atom stereocenters. The Morgan fingerprint density at radius 2 is 1.80 bits per heavy atom. The van der Waals surface area contributed by atoms with Crippen molar-refractivity contribution in [2.45, 2.75) is 44.2 Å². The molecule has 0 bridgehead atoms. The molecule has 0 aliphatic carbocycles. The summed E-state index contributed by atoms with van der Waals surface area (Å²) in [5.41, 5.74) is 2.07. The second-order valence-corrected chi connectivity index (χ2v) is 9.96. The Morgan fingerprint density at radius 1 is 1.12 bits per heavy atom. The van der Waals surface area contributed by atoms with Gasteiger partial charge in [-0.25, -0.2) is 18.1 Å². The zero-order chi connectivity index (χ0) is 18.5. The topological polar surface area (TPSA) is 64.3 Å². The van der Waals surface area contributed by atoms with Crippen LogP contribution >= 0.6 is 23.2 Å². The maximum absolute atomic E-state index is 13.1. The molecular formula is C17H19Cl2N3O2S. The van der Waals surface area contributed by atoms with E-state index in [1.54, 1.807) is 43.7 Å². The Kier molecular flexibility index (Phi) is 4.73. The van der Waals surface area contributed by atoms with Crippen molar-refractivity contribution in [2.75, 3.05) is 0 Å². The van der Waals surface area contributed by atoms with Gasteiger partial charge in [-0.05, 0) is 45.4 Å². The lowest BCUT2D eigenvalue weighted by atomic mass is 9.99. The Balaban J connectivity index is 2.27. The van der Waals surface area contributed by atoms with Gasteiger partial charge >= 0.3 is 0 Å². The summed E-state index contributed by atoms with van der Waals surface area (Å²) in [6.45, 7) is 6.96. The number of nitrogens with zero attached hydrogens (tertiary/aromatic N) is 3. The maximum Gasteiger partial charge on any atom is 0.163 e. The number of sulfone groups is 1. The zero-order valence-corrected chi connectivity index (χ0v) is 16.7. The van der Waals surface area contributed by atoms with Crippen LogP contribution in [0.1, 0.15) is 38.1 Å². The molecule has 1 aromatic heterocycles. The van der Waals surface area contributed by atoms with Crippen molar-refractivity contribution in [1.29, 1.82) is 0 Å². The van der Waals surface area contributed by atoms with Crippen molar-refractivity contribution in [2.24, 2.45) is 4.99 Å². The van der Waals surface area contributed by atoms with E-state index in [0.29, 0.717) is 21.6 Å². The summed E-state index contributed by atoms with van der Waals surface area (Å²) in [4.78, 5) is 4.49. The van der Waals surface area contributed by atoms with Crippen molar-refractivity contribution in [1.82, 2.24) is 9.78 Å². The first-order valence-electron chi connectivity index (χ1n) is 7.92. The van der Waals surface area contributed by atoms with E-state index < -0.39 is 26.4 Å². The monoisotopic (exact) mass is 399 g/mol. The number of aromatic nitrogens is 2. The molecule has 0 fully saturated rings. The van der Waals surface area contributed by atoms with Gasteiger partial charge in [0.15, 0.2) is 15.7 Å². The summed E-state index contributed by atoms with van der Waals surface area (Å²) in [5.74, 6) is 0.640. The van der Waals surface area contributed by atoms with E-state index in [1.165, 1.54) is 0 Å². The fourth-order valence-corrected chi connectivity index (χ4v) is 5.17. The molecule has 25 heavy (non-hydrogen) atoms. The smallest absolute Gasteiger partial charge is 0.163 e. The quantitative estimate of drug-likeness (QED) is 0.768. The van der Waals surface area contributed by atoms with E-state index in [4.69, 9.17) is 23.2 Å². The highest BCUT2D eigenvalue weighted by Crippen LogP contribution is 2.39. The van der Waals surface area contributed by atoms with E-state index in [0.717, 1.165) is 11.3 Å². The molecule has 3 rings (SSSR count). The second kappa shape index (κ2) is 6.41. The van der Waals surface area contributed by atoms with Gasteiger partial charge in [-0.3, -0.25) is 0 Å². The summed E-state index contributed by atoms with van der Waals surface area (Å²) in [5, 5.41) is 3.95. The van der Waals surface area contributed by atoms with Gasteiger partial charge in [-0.2, -0.15) is 5.10 Å². The molecule has 5 nitrogen and oxygen atoms in total. The molecule has 0 saturated heterocycles. The van der Waals surface area contributed by atoms with Crippen LogP contribution in [-0.2, 0) is 9.84 Å². The second-order valence-electron chi connectivity index (χ2n) is 6.52. The summed E-state index contributed by atoms with van der Waals surface area (Å²) in [6, 6.07) is 6.47. The number of hydrogen-bond acceptors (Lipinski definition) is 4. The molecule has 0 radical (unpaired) electrons. The number of fused-ring (bicyclic) bond motifs is 1. The van der Waals surface area contributed by atoms with Crippen molar-refractivity contribution >= 4 is 44.6 Å². The largest absolute Gasteiger partial charge is 0.238 e. The SMILES string of the molecule is CC1=Nc2cc(C)nn2C(c2ccc(Cl)c(Cl)c2)C1S(=O)(=O)C(C)C. The van der Waals surface area contributed by atoms with Gasteiger partial charge < -0.3 is 0 Å². The molecule has 1 aliphatic rings. The van der Waals surface area contributed by atoms with E-state index in [2.05, 4.69) is 10.1 Å². The minimum Gasteiger partial charge on any atom is -0.238 e. The van der Waals surface area contributed by atoms with E-state index in [-0.39, 0.29) is 0 Å². The molecule has 0 saturated carbocycles. The number of hydrogen-bond donors (Lipinski definition) is 0. The zero-order valence-electron chi connectivity index (χ0n) is 14.4. The average molecular weight is 400 g/mol. The third kappa shape index (κ3) is 3.11. The van der Waals surface area contributed by atoms with Gasteiger partial charge in [-0.15, -0.1) is 0 Å². The van der Waals surface area contributed by atoms with Crippen LogP contribution in [0.15, 0.2) is 29.3 Å². The van der Waals surface area contributed by atoms with Gasteiger partial charge in [-0.1, -0.05) is 29.3 Å². The molecule has 2 aromatic rings. The van der Waals surface area contributed by atoms with Crippen molar-refractivity contribution in [3.05, 3.63) is 45.6 Å². The van der Waals surface area contributed by atoms with Crippen LogP contribution in [0.4, 0.5) is 5.82 Å². The van der Waals surface area contributed by atoms with Crippen molar-refractivity contribution in [3.63, 3.8) is 0 Å². The first-order chi connectivity index (χ1) is 11.6. The van der Waals surface area contributed by atoms with Crippen LogP contribution in [-0.4, -0.2) is 34.4 Å². The first kappa shape index (κ1) is 18.4. The highest BCUT2D eigenvalue weighted by Gasteiger charge is 2.43. The minimum atomic E-state index is -3.47. The number of rotatable bonds is 3. The van der Waals surface area contributed by atoms with Gasteiger partial charge in [0.05, 0.1) is 21.0 Å². The van der Waals surface area contributed by atoms with E-state index >= 15 is 0 Å². The van der Waals surface area contributed by atoms with Gasteiger partial charge in [0, 0.05) is 11.8 Å². The molecule has 0 amide bonds. The van der Waals surface area contributed by atoms with Crippen molar-refractivity contribution < 1.29 is 8.42 Å². The third-order valence-electron chi connectivity index (χ3n) is 4.39. The van der Waals surface area contributed by atoms with Crippen LogP contribution in [0.2, 0.25) is 10.0 Å². The Hall–Kier alpha value is -1.37. The molecule has 1 aliphatic heterocycles. The van der Waals surface area contributed by atoms with E-state index in [9.17, 15) is 8.42 Å². The normalized spacial score (nSPS) is 20.5. The van der Waals surface area contributed by atoms with E-state index in [1.807, 2.05) is 13.0 Å². The predicted molar refractivity (Wildman–Crippen MR) is 102 cm³/mol. The first-order valence-corrected chi connectivity index (χ1v) is 10.3. The fraction of sp³-hybridized carbons (Fsp3) is 0.412. The molecule has 0 spiro atoms. The lowest BCUT2D eigenvalue weighted by molar-refractivity contribution is 0.505. The summed E-state index contributed by atoms with van der Waals surface area (Å²) < 4.78 is 27.8. The number of halogens is 2. The lowest BCUT2D eigenvalue weighted by Crippen LogP contribution is -2.43. The molecule has 2 unspecified atom stereocenters. The van der Waals surface area contributed by atoms with Gasteiger partial charge in [0.25, 0.3) is 0 Å². The van der Waals surface area contributed by atoms with Gasteiger partial charge in [0.2, 0.25) is 0 Å². The molecule has 0 N–H and O–H groups in total. The lowest BCUT2D eigenvalue weighted by Gasteiger charge is -2.33. The molecule has 2 heterocycles. The average Bonchev–Trinajstić information content (AvgIpc) is 2.88. The number of aliphatic imine (C=N–C) groups is 1. The molecule has 134 valence electrons. The summed E-state index contributed by atoms with van der Waals surface area (Å²) in [7, 11) is -3.47. The molecular weight excluding hydrogens is 381 g/mol. The Labute approximate surface area is 157 Å². The van der Waals surface area contributed by atoms with Gasteiger partial charge in [0.1, 0.15) is 11.3 Å². The summed E-state index contributed by atoms with van der Waals surface area (Å²) in [6.07, 6.45) is 0. The van der Waals surface area contributed by atoms with Crippen LogP contribution in [0, 0.1) is 6.92 Å². The molecule has 8 heteroatoms. The maximum atomic E-state index is 13.1. The van der Waals surface area contributed by atoms with Crippen LogP contribution < -0.4 is 0 Å². The fourth-order valence-electron chi connectivity index (χ4n) is 3.12. The van der Waals surface area contributed by atoms with Crippen molar-refractivity contribution in [3.8, 4) is 0 Å². The molecule has 1 aromatic carbocycles.